The molecule has 5 nitrogen and oxygen atoms in total. The molecule has 1 unspecified atom stereocenters. The molecular weight excluding hydrogens is 276 g/mol. The van der Waals surface area contributed by atoms with Crippen molar-refractivity contribution in [3.05, 3.63) is 23.3 Å². The molecule has 0 heterocycles. The third-order valence-electron chi connectivity index (χ3n) is 3.47. The van der Waals surface area contributed by atoms with Gasteiger partial charge >= 0.3 is 0 Å². The van der Waals surface area contributed by atoms with Crippen molar-refractivity contribution in [2.75, 3.05) is 5.32 Å². The minimum atomic E-state index is -3.78. The Morgan fingerprint density at radius 3 is 2.45 bits per heavy atom. The van der Waals surface area contributed by atoms with E-state index in [9.17, 15) is 13.2 Å². The molecule has 1 aromatic carbocycles. The first-order valence-electron chi connectivity index (χ1n) is 6.59. The topological polar surface area (TPSA) is 89.3 Å². The average Bonchev–Trinajstić information content (AvgIpc) is 2.33. The van der Waals surface area contributed by atoms with Crippen molar-refractivity contribution in [3.63, 3.8) is 0 Å². The SMILES string of the molecule is CCC(C)CC(=O)Nc1cc(S(N)(=O)=O)cc(C)c1C. The molecule has 0 saturated heterocycles. The largest absolute Gasteiger partial charge is 0.326 e. The first kappa shape index (κ1) is 16.7. The zero-order valence-corrected chi connectivity index (χ0v) is 13.2. The monoisotopic (exact) mass is 298 g/mol. The van der Waals surface area contributed by atoms with Gasteiger partial charge in [-0.3, -0.25) is 4.79 Å². The van der Waals surface area contributed by atoms with Crippen LogP contribution in [0.5, 0.6) is 0 Å². The molecule has 0 aliphatic heterocycles. The fourth-order valence-corrected chi connectivity index (χ4v) is 2.41. The van der Waals surface area contributed by atoms with Crippen molar-refractivity contribution in [3.8, 4) is 0 Å². The van der Waals surface area contributed by atoms with Crippen LogP contribution in [0.1, 0.15) is 37.8 Å². The molecule has 1 amide bonds. The Kier molecular flexibility index (Phi) is 5.30. The average molecular weight is 298 g/mol. The molecule has 0 fully saturated rings. The number of hydrogen-bond donors (Lipinski definition) is 2. The number of anilines is 1. The van der Waals surface area contributed by atoms with E-state index in [0.29, 0.717) is 12.1 Å². The van der Waals surface area contributed by atoms with E-state index < -0.39 is 10.0 Å². The van der Waals surface area contributed by atoms with Crippen LogP contribution >= 0.6 is 0 Å². The lowest BCUT2D eigenvalue weighted by atomic mass is 10.0. The fourth-order valence-electron chi connectivity index (χ4n) is 1.78. The third-order valence-corrected chi connectivity index (χ3v) is 4.37. The van der Waals surface area contributed by atoms with Gasteiger partial charge in [-0.15, -0.1) is 0 Å². The van der Waals surface area contributed by atoms with Gasteiger partial charge in [0.25, 0.3) is 0 Å². The number of primary sulfonamides is 1. The Balaban J connectivity index is 3.06. The van der Waals surface area contributed by atoms with Crippen LogP contribution < -0.4 is 10.5 Å². The third kappa shape index (κ3) is 4.31. The second-order valence-corrected chi connectivity index (χ2v) is 6.78. The van der Waals surface area contributed by atoms with Crippen LogP contribution in [0.15, 0.2) is 17.0 Å². The lowest BCUT2D eigenvalue weighted by molar-refractivity contribution is -0.117. The summed E-state index contributed by atoms with van der Waals surface area (Å²) in [5, 5.41) is 7.91. The highest BCUT2D eigenvalue weighted by Crippen LogP contribution is 2.24. The van der Waals surface area contributed by atoms with E-state index in [-0.39, 0.29) is 16.7 Å². The summed E-state index contributed by atoms with van der Waals surface area (Å²) >= 11 is 0. The molecule has 0 aliphatic carbocycles. The summed E-state index contributed by atoms with van der Waals surface area (Å²) in [7, 11) is -3.78. The number of nitrogens with one attached hydrogen (secondary N) is 1. The van der Waals surface area contributed by atoms with E-state index >= 15 is 0 Å². The molecule has 112 valence electrons. The molecule has 0 radical (unpaired) electrons. The molecule has 3 N–H and O–H groups in total. The van der Waals surface area contributed by atoms with Gasteiger partial charge in [-0.1, -0.05) is 20.3 Å². The summed E-state index contributed by atoms with van der Waals surface area (Å²) in [6.45, 7) is 7.64. The van der Waals surface area contributed by atoms with Crippen molar-refractivity contribution < 1.29 is 13.2 Å². The van der Waals surface area contributed by atoms with E-state index in [4.69, 9.17) is 5.14 Å². The van der Waals surface area contributed by atoms with Gasteiger partial charge in [-0.2, -0.15) is 0 Å². The van der Waals surface area contributed by atoms with Crippen LogP contribution in [0.25, 0.3) is 0 Å². The number of carbonyl (C=O) groups excluding carboxylic acids is 1. The highest BCUT2D eigenvalue weighted by molar-refractivity contribution is 7.89. The van der Waals surface area contributed by atoms with Crippen LogP contribution in [-0.4, -0.2) is 14.3 Å². The van der Waals surface area contributed by atoms with Gasteiger partial charge in [0.05, 0.1) is 4.90 Å². The first-order valence-corrected chi connectivity index (χ1v) is 8.13. The highest BCUT2D eigenvalue weighted by Gasteiger charge is 2.15. The van der Waals surface area contributed by atoms with Gasteiger partial charge in [0.1, 0.15) is 0 Å². The van der Waals surface area contributed by atoms with Gasteiger partial charge in [-0.05, 0) is 43.0 Å². The Hall–Kier alpha value is -1.40. The van der Waals surface area contributed by atoms with E-state index in [0.717, 1.165) is 17.5 Å². The summed E-state index contributed by atoms with van der Waals surface area (Å²) < 4.78 is 22.8. The smallest absolute Gasteiger partial charge is 0.238 e. The molecule has 0 bridgehead atoms. The summed E-state index contributed by atoms with van der Waals surface area (Å²) in [6, 6.07) is 2.92. The molecule has 0 saturated carbocycles. The standard InChI is InChI=1S/C14H22N2O3S/c1-5-9(2)6-14(17)16-13-8-12(20(15,18)19)7-10(3)11(13)4/h7-9H,5-6H2,1-4H3,(H,16,17)(H2,15,18,19). The van der Waals surface area contributed by atoms with Crippen molar-refractivity contribution in [1.29, 1.82) is 0 Å². The van der Waals surface area contributed by atoms with Crippen LogP contribution in [0.2, 0.25) is 0 Å². The van der Waals surface area contributed by atoms with Gasteiger partial charge < -0.3 is 5.32 Å². The Morgan fingerprint density at radius 2 is 1.95 bits per heavy atom. The minimum absolute atomic E-state index is 0.0134. The summed E-state index contributed by atoms with van der Waals surface area (Å²) in [5.74, 6) is 0.172. The summed E-state index contributed by atoms with van der Waals surface area (Å²) in [4.78, 5) is 11.9. The second-order valence-electron chi connectivity index (χ2n) is 5.22. The van der Waals surface area contributed by atoms with E-state index in [1.807, 2.05) is 20.8 Å². The lowest BCUT2D eigenvalue weighted by Crippen LogP contribution is -2.17. The van der Waals surface area contributed by atoms with Crippen LogP contribution in [0.3, 0.4) is 0 Å². The summed E-state index contributed by atoms with van der Waals surface area (Å²) in [6.07, 6.45) is 1.33. The van der Waals surface area contributed by atoms with E-state index in [1.165, 1.54) is 12.1 Å². The van der Waals surface area contributed by atoms with E-state index in [2.05, 4.69) is 5.32 Å². The molecule has 1 atom stereocenters. The zero-order chi connectivity index (χ0) is 15.5. The molecular formula is C14H22N2O3S. The van der Waals surface area contributed by atoms with Crippen molar-refractivity contribution >= 4 is 21.6 Å². The Morgan fingerprint density at radius 1 is 1.35 bits per heavy atom. The van der Waals surface area contributed by atoms with Crippen molar-refractivity contribution in [2.24, 2.45) is 11.1 Å². The molecule has 20 heavy (non-hydrogen) atoms. The molecule has 1 aromatic rings. The Labute approximate surface area is 120 Å². The molecule has 0 spiro atoms. The fraction of sp³-hybridized carbons (Fsp3) is 0.500. The number of amides is 1. The summed E-state index contributed by atoms with van der Waals surface area (Å²) in [5.41, 5.74) is 2.12. The van der Waals surface area contributed by atoms with Crippen molar-refractivity contribution in [1.82, 2.24) is 0 Å². The number of rotatable bonds is 5. The molecule has 0 aromatic heterocycles. The maximum Gasteiger partial charge on any atom is 0.238 e. The maximum absolute atomic E-state index is 11.9. The number of aryl methyl sites for hydroxylation is 1. The first-order chi connectivity index (χ1) is 9.15. The number of nitrogens with two attached hydrogens (primary N) is 1. The predicted octanol–water partition coefficient (Wildman–Crippen LogP) is 2.33. The number of hydrogen-bond acceptors (Lipinski definition) is 3. The molecule has 6 heteroatoms. The highest BCUT2D eigenvalue weighted by atomic mass is 32.2. The van der Waals surface area contributed by atoms with Gasteiger partial charge in [0.2, 0.25) is 15.9 Å². The van der Waals surface area contributed by atoms with Crippen molar-refractivity contribution in [2.45, 2.75) is 45.4 Å². The number of benzene rings is 1. The zero-order valence-electron chi connectivity index (χ0n) is 12.4. The Bertz CT molecular complexity index is 609. The van der Waals surface area contributed by atoms with Gasteiger partial charge in [0, 0.05) is 12.1 Å². The number of carbonyl (C=O) groups is 1. The van der Waals surface area contributed by atoms with Crippen LogP contribution in [0.4, 0.5) is 5.69 Å². The lowest BCUT2D eigenvalue weighted by Gasteiger charge is -2.14. The second kappa shape index (κ2) is 6.37. The van der Waals surface area contributed by atoms with Crippen LogP contribution in [0, 0.1) is 19.8 Å². The van der Waals surface area contributed by atoms with Gasteiger partial charge in [0.15, 0.2) is 0 Å². The molecule has 0 aliphatic rings. The van der Waals surface area contributed by atoms with E-state index in [1.54, 1.807) is 6.92 Å². The van der Waals surface area contributed by atoms with Crippen LogP contribution in [-0.2, 0) is 14.8 Å². The predicted molar refractivity (Wildman–Crippen MR) is 80.0 cm³/mol. The minimum Gasteiger partial charge on any atom is -0.326 e. The quantitative estimate of drug-likeness (QED) is 0.874. The molecule has 1 rings (SSSR count). The number of sulfonamides is 1. The maximum atomic E-state index is 11.9. The van der Waals surface area contributed by atoms with Gasteiger partial charge in [-0.25, -0.2) is 13.6 Å². The normalized spacial score (nSPS) is 13.1.